The molecule has 21 heteroatoms. The molecule has 1 aliphatic rings. The molecule has 0 bridgehead atoms. The maximum atomic E-state index is 10.7. The summed E-state index contributed by atoms with van der Waals surface area (Å²) in [6.07, 6.45) is 5.24. The van der Waals surface area contributed by atoms with Gasteiger partial charge in [0.05, 0.1) is 145 Å². The van der Waals surface area contributed by atoms with Crippen molar-refractivity contribution in [1.29, 1.82) is 0 Å². The molecular formula is C47H94O21. The Morgan fingerprint density at radius 1 is 0.441 bits per heavy atom. The highest BCUT2D eigenvalue weighted by Gasteiger charge is 2.25. The molecule has 68 heavy (non-hydrogen) atoms. The summed E-state index contributed by atoms with van der Waals surface area (Å²) in [5, 5.41) is 98.2. The van der Waals surface area contributed by atoms with Crippen molar-refractivity contribution in [3.63, 3.8) is 0 Å². The fraction of sp³-hybridized carbons (Fsp3) is 1.00. The van der Waals surface area contributed by atoms with Crippen LogP contribution in [0.2, 0.25) is 0 Å². The maximum Gasteiger partial charge on any atom is 0.105 e. The Labute approximate surface area is 405 Å². The molecule has 0 spiro atoms. The number of hydrogen-bond donors (Lipinski definition) is 10. The number of unbranched alkanes of at least 4 members (excludes halogenated alkanes) is 9. The lowest BCUT2D eigenvalue weighted by molar-refractivity contribution is -0.178. The van der Waals surface area contributed by atoms with Gasteiger partial charge in [-0.15, -0.1) is 0 Å². The van der Waals surface area contributed by atoms with Crippen LogP contribution in [0.5, 0.6) is 0 Å². The first kappa shape index (κ1) is 65.2. The van der Waals surface area contributed by atoms with E-state index in [4.69, 9.17) is 62.3 Å². The second-order valence-corrected chi connectivity index (χ2v) is 17.9. The van der Waals surface area contributed by atoms with Crippen molar-refractivity contribution in [3.8, 4) is 0 Å². The molecule has 1 heterocycles. The van der Waals surface area contributed by atoms with Gasteiger partial charge in [-0.1, -0.05) is 84.5 Å². The molecule has 0 saturated carbocycles. The molecular weight excluding hydrogens is 900 g/mol. The van der Waals surface area contributed by atoms with Crippen LogP contribution in [0.4, 0.5) is 0 Å². The van der Waals surface area contributed by atoms with E-state index in [0.29, 0.717) is 12.3 Å². The fourth-order valence-electron chi connectivity index (χ4n) is 7.03. The first-order chi connectivity index (χ1) is 33.0. The van der Waals surface area contributed by atoms with E-state index in [2.05, 4.69) is 13.8 Å². The molecule has 1 rings (SSSR count). The maximum absolute atomic E-state index is 10.7. The SMILES string of the molecule is CCCCCCCCCCCCC(C)CC(O)COCC(O)COC(COCC(CO)OCC(O)CO)COCC(COCC(O)COCC(O)CO)OC(CO)COCC1COCC(CO)O1. The van der Waals surface area contributed by atoms with E-state index in [1.165, 1.54) is 57.8 Å². The summed E-state index contributed by atoms with van der Waals surface area (Å²) < 4.78 is 62.7. The second-order valence-electron chi connectivity index (χ2n) is 17.9. The Morgan fingerprint density at radius 3 is 1.47 bits per heavy atom. The largest absolute Gasteiger partial charge is 0.394 e. The van der Waals surface area contributed by atoms with E-state index in [9.17, 15) is 40.9 Å². The van der Waals surface area contributed by atoms with Gasteiger partial charge in [0, 0.05) is 0 Å². The van der Waals surface area contributed by atoms with Crippen LogP contribution < -0.4 is 0 Å². The number of rotatable bonds is 50. The van der Waals surface area contributed by atoms with E-state index in [-0.39, 0.29) is 112 Å². The van der Waals surface area contributed by atoms with Crippen LogP contribution in [0.1, 0.15) is 90.9 Å². The predicted octanol–water partition coefficient (Wildman–Crippen LogP) is -0.503. The van der Waals surface area contributed by atoms with E-state index in [1.807, 2.05) is 0 Å². The first-order valence-corrected chi connectivity index (χ1v) is 25.0. The quantitative estimate of drug-likeness (QED) is 0.0344. The molecule has 12 atom stereocenters. The van der Waals surface area contributed by atoms with Gasteiger partial charge in [-0.3, -0.25) is 0 Å². The number of aliphatic hydroxyl groups excluding tert-OH is 10. The average Bonchev–Trinajstić information content (AvgIpc) is 3.33. The molecule has 0 amide bonds. The predicted molar refractivity (Wildman–Crippen MR) is 248 cm³/mol. The summed E-state index contributed by atoms with van der Waals surface area (Å²) in [6.45, 7) is 1.48. The minimum absolute atomic E-state index is 0.0429. The normalized spacial score (nSPS) is 20.1. The van der Waals surface area contributed by atoms with Crippen molar-refractivity contribution in [1.82, 2.24) is 0 Å². The van der Waals surface area contributed by atoms with Crippen LogP contribution in [-0.2, 0) is 52.1 Å². The van der Waals surface area contributed by atoms with Crippen molar-refractivity contribution < 1.29 is 103 Å². The number of aliphatic hydroxyl groups is 10. The molecule has 12 unspecified atom stereocenters. The summed E-state index contributed by atoms with van der Waals surface area (Å²) in [5.41, 5.74) is 0. The van der Waals surface area contributed by atoms with Gasteiger partial charge in [-0.25, -0.2) is 0 Å². The van der Waals surface area contributed by atoms with Crippen molar-refractivity contribution in [2.75, 3.05) is 139 Å². The van der Waals surface area contributed by atoms with Crippen LogP contribution in [0.25, 0.3) is 0 Å². The van der Waals surface area contributed by atoms with Crippen molar-refractivity contribution in [2.24, 2.45) is 5.92 Å². The van der Waals surface area contributed by atoms with Gasteiger partial charge < -0.3 is 103 Å². The van der Waals surface area contributed by atoms with E-state index < -0.39 is 93.6 Å². The lowest BCUT2D eigenvalue weighted by Crippen LogP contribution is -2.41. The molecule has 0 radical (unpaired) electrons. The van der Waals surface area contributed by atoms with Crippen LogP contribution in [0.15, 0.2) is 0 Å². The summed E-state index contributed by atoms with van der Waals surface area (Å²) in [5.74, 6) is 0.342. The number of ether oxygens (including phenoxy) is 11. The average molecular weight is 995 g/mol. The van der Waals surface area contributed by atoms with Gasteiger partial charge in [0.2, 0.25) is 0 Å². The third-order valence-electron chi connectivity index (χ3n) is 10.9. The Hall–Kier alpha value is -0.840. The van der Waals surface area contributed by atoms with Crippen LogP contribution >= 0.6 is 0 Å². The Bertz CT molecular complexity index is 1070. The third kappa shape index (κ3) is 37.0. The summed E-state index contributed by atoms with van der Waals surface area (Å²) in [4.78, 5) is 0. The van der Waals surface area contributed by atoms with Crippen LogP contribution in [-0.4, -0.2) is 257 Å². The van der Waals surface area contributed by atoms with Crippen molar-refractivity contribution in [2.45, 2.75) is 158 Å². The van der Waals surface area contributed by atoms with Crippen molar-refractivity contribution in [3.05, 3.63) is 0 Å². The molecule has 0 aromatic carbocycles. The zero-order chi connectivity index (χ0) is 50.0. The molecule has 0 aromatic rings. The minimum Gasteiger partial charge on any atom is -0.394 e. The van der Waals surface area contributed by atoms with Crippen LogP contribution in [0.3, 0.4) is 0 Å². The zero-order valence-electron chi connectivity index (χ0n) is 41.2. The summed E-state index contributed by atoms with van der Waals surface area (Å²) >= 11 is 0. The lowest BCUT2D eigenvalue weighted by atomic mass is 9.96. The second kappa shape index (κ2) is 44.8. The van der Waals surface area contributed by atoms with Gasteiger partial charge in [-0.2, -0.15) is 0 Å². The van der Waals surface area contributed by atoms with Crippen LogP contribution in [0, 0.1) is 5.92 Å². The molecule has 1 fully saturated rings. The molecule has 1 saturated heterocycles. The smallest absolute Gasteiger partial charge is 0.105 e. The topological polar surface area (TPSA) is 304 Å². The third-order valence-corrected chi connectivity index (χ3v) is 10.9. The standard InChI is InChI=1S/C47H94O21/c1-3-4-5-6-7-8-9-10-11-12-13-36(2)14-37(53)20-58-24-41(57)26-66-45(30-61-27-42(17-50)65-25-39(55)16-49)31-64-35-46(32-60-23-40(56)22-59-21-38(54)15-48)67-43(18-51)28-62-33-47-34-63-29-44(19-52)68-47/h36-57H,3-35H2,1-2H3. The fourth-order valence-corrected chi connectivity index (χ4v) is 7.03. The van der Waals surface area contributed by atoms with Crippen molar-refractivity contribution >= 4 is 0 Å². The number of hydrogen-bond acceptors (Lipinski definition) is 21. The van der Waals surface area contributed by atoms with Gasteiger partial charge >= 0.3 is 0 Å². The van der Waals surface area contributed by atoms with Gasteiger partial charge in [-0.05, 0) is 12.3 Å². The van der Waals surface area contributed by atoms with Gasteiger partial charge in [0.1, 0.15) is 61.0 Å². The molecule has 408 valence electrons. The zero-order valence-corrected chi connectivity index (χ0v) is 41.2. The van der Waals surface area contributed by atoms with Gasteiger partial charge in [0.25, 0.3) is 0 Å². The molecule has 0 aliphatic carbocycles. The molecule has 21 nitrogen and oxygen atoms in total. The van der Waals surface area contributed by atoms with E-state index >= 15 is 0 Å². The Kier molecular flexibility index (Phi) is 43.0. The highest BCUT2D eigenvalue weighted by atomic mass is 16.6. The minimum atomic E-state index is -1.13. The molecule has 10 N–H and O–H groups in total. The van der Waals surface area contributed by atoms with E-state index in [1.54, 1.807) is 0 Å². The molecule has 1 aliphatic heterocycles. The first-order valence-electron chi connectivity index (χ1n) is 25.0. The monoisotopic (exact) mass is 995 g/mol. The highest BCUT2D eigenvalue weighted by Crippen LogP contribution is 2.18. The highest BCUT2D eigenvalue weighted by molar-refractivity contribution is 4.70. The van der Waals surface area contributed by atoms with E-state index in [0.717, 1.165) is 12.8 Å². The lowest BCUT2D eigenvalue weighted by Gasteiger charge is -2.29. The van der Waals surface area contributed by atoms with Gasteiger partial charge in [0.15, 0.2) is 0 Å². The summed E-state index contributed by atoms with van der Waals surface area (Å²) in [7, 11) is 0. The summed E-state index contributed by atoms with van der Waals surface area (Å²) in [6, 6.07) is 0. The Balaban J connectivity index is 2.76. The Morgan fingerprint density at radius 2 is 0.882 bits per heavy atom. The molecule has 0 aromatic heterocycles.